The number of nitrogens with zero attached hydrogens (tertiary/aromatic N) is 1. The van der Waals surface area contributed by atoms with E-state index >= 15 is 0 Å². The van der Waals surface area contributed by atoms with Crippen molar-refractivity contribution in [2.75, 3.05) is 7.11 Å². The second kappa shape index (κ2) is 6.34. The molecule has 0 saturated carbocycles. The minimum atomic E-state index is -3.59. The molecule has 1 heterocycles. The fourth-order valence-corrected chi connectivity index (χ4v) is 3.01. The first kappa shape index (κ1) is 15.0. The minimum absolute atomic E-state index is 0.154. The lowest BCUT2D eigenvalue weighted by atomic mass is 10.3. The number of halogens is 1. The van der Waals surface area contributed by atoms with E-state index < -0.39 is 10.0 Å². The van der Waals surface area contributed by atoms with Gasteiger partial charge < -0.3 is 4.74 Å². The molecule has 0 aliphatic rings. The number of aromatic nitrogens is 1. The Kier molecular flexibility index (Phi) is 4.74. The third kappa shape index (κ3) is 3.56. The van der Waals surface area contributed by atoms with Crippen LogP contribution in [-0.4, -0.2) is 20.5 Å². The molecule has 106 valence electrons. The molecular formula is C13H13BrN2O3S. The molecule has 1 aromatic heterocycles. The zero-order chi connectivity index (χ0) is 14.6. The standard InChI is InChI=1S/C13H13BrN2O3S/c1-19-13-7-11(4-5-12(13)14)20(17,18)16-9-10-3-2-6-15-8-10/h2-8,16H,9H2,1H3. The summed E-state index contributed by atoms with van der Waals surface area (Å²) in [6.07, 6.45) is 3.25. The van der Waals surface area contributed by atoms with Gasteiger partial charge in [-0.25, -0.2) is 13.1 Å². The molecule has 0 fully saturated rings. The van der Waals surface area contributed by atoms with Crippen molar-refractivity contribution in [2.45, 2.75) is 11.4 Å². The molecule has 0 saturated heterocycles. The Morgan fingerprint density at radius 1 is 1.35 bits per heavy atom. The van der Waals surface area contributed by atoms with Crippen LogP contribution in [0.15, 0.2) is 52.1 Å². The molecule has 1 aromatic carbocycles. The van der Waals surface area contributed by atoms with E-state index in [0.29, 0.717) is 10.2 Å². The molecular weight excluding hydrogens is 344 g/mol. The van der Waals surface area contributed by atoms with E-state index in [0.717, 1.165) is 5.56 Å². The summed E-state index contributed by atoms with van der Waals surface area (Å²) < 4.78 is 32.7. The number of hydrogen-bond donors (Lipinski definition) is 1. The molecule has 0 unspecified atom stereocenters. The first-order valence-electron chi connectivity index (χ1n) is 5.75. The number of pyridine rings is 1. The molecule has 2 aromatic rings. The number of ether oxygens (including phenoxy) is 1. The molecule has 0 bridgehead atoms. The third-order valence-electron chi connectivity index (χ3n) is 2.62. The van der Waals surface area contributed by atoms with Crippen LogP contribution in [0.2, 0.25) is 0 Å². The SMILES string of the molecule is COc1cc(S(=O)(=O)NCc2cccnc2)ccc1Br. The summed E-state index contributed by atoms with van der Waals surface area (Å²) in [5.74, 6) is 0.467. The van der Waals surface area contributed by atoms with Crippen LogP contribution in [-0.2, 0) is 16.6 Å². The normalized spacial score (nSPS) is 11.3. The van der Waals surface area contributed by atoms with E-state index in [2.05, 4.69) is 25.6 Å². The molecule has 0 radical (unpaired) electrons. The largest absolute Gasteiger partial charge is 0.496 e. The molecule has 0 spiro atoms. The predicted octanol–water partition coefficient (Wildman–Crippen LogP) is 2.33. The highest BCUT2D eigenvalue weighted by molar-refractivity contribution is 9.10. The lowest BCUT2D eigenvalue weighted by Crippen LogP contribution is -2.23. The molecule has 0 aliphatic heterocycles. The summed E-state index contributed by atoms with van der Waals surface area (Å²) in [5.41, 5.74) is 0.792. The van der Waals surface area contributed by atoms with E-state index in [9.17, 15) is 8.42 Å². The van der Waals surface area contributed by atoms with Crippen LogP contribution in [0.5, 0.6) is 5.75 Å². The van der Waals surface area contributed by atoms with Gasteiger partial charge in [0.25, 0.3) is 0 Å². The molecule has 7 heteroatoms. The van der Waals surface area contributed by atoms with Gasteiger partial charge >= 0.3 is 0 Å². The topological polar surface area (TPSA) is 68.3 Å². The van der Waals surface area contributed by atoms with Crippen LogP contribution in [0.1, 0.15) is 5.56 Å². The van der Waals surface area contributed by atoms with Crippen molar-refractivity contribution in [3.63, 3.8) is 0 Å². The van der Waals surface area contributed by atoms with E-state index in [-0.39, 0.29) is 11.4 Å². The van der Waals surface area contributed by atoms with Gasteiger partial charge in [-0.2, -0.15) is 0 Å². The van der Waals surface area contributed by atoms with Crippen molar-refractivity contribution in [3.8, 4) is 5.75 Å². The average molecular weight is 357 g/mol. The molecule has 0 amide bonds. The van der Waals surface area contributed by atoms with E-state index in [4.69, 9.17) is 4.74 Å². The summed E-state index contributed by atoms with van der Waals surface area (Å²) in [6.45, 7) is 0.189. The molecule has 0 aliphatic carbocycles. The number of benzene rings is 1. The van der Waals surface area contributed by atoms with Gasteiger partial charge in [-0.15, -0.1) is 0 Å². The zero-order valence-corrected chi connectivity index (χ0v) is 13.1. The van der Waals surface area contributed by atoms with Crippen molar-refractivity contribution >= 4 is 26.0 Å². The highest BCUT2D eigenvalue weighted by Gasteiger charge is 2.15. The Balaban J connectivity index is 2.18. The number of methoxy groups -OCH3 is 1. The van der Waals surface area contributed by atoms with Crippen LogP contribution >= 0.6 is 15.9 Å². The van der Waals surface area contributed by atoms with Gasteiger partial charge in [0.1, 0.15) is 5.75 Å². The molecule has 0 atom stereocenters. The van der Waals surface area contributed by atoms with Gasteiger partial charge in [0.05, 0.1) is 16.5 Å². The fraction of sp³-hybridized carbons (Fsp3) is 0.154. The molecule has 5 nitrogen and oxygen atoms in total. The first-order chi connectivity index (χ1) is 9.53. The van der Waals surface area contributed by atoms with Crippen LogP contribution in [0, 0.1) is 0 Å². The fourth-order valence-electron chi connectivity index (χ4n) is 1.57. The summed E-state index contributed by atoms with van der Waals surface area (Å²) in [5, 5.41) is 0. The van der Waals surface area contributed by atoms with Crippen molar-refractivity contribution in [3.05, 3.63) is 52.8 Å². The van der Waals surface area contributed by atoms with Crippen molar-refractivity contribution in [1.82, 2.24) is 9.71 Å². The van der Waals surface area contributed by atoms with Crippen LogP contribution in [0.3, 0.4) is 0 Å². The number of sulfonamides is 1. The zero-order valence-electron chi connectivity index (χ0n) is 10.7. The van der Waals surface area contributed by atoms with E-state index in [1.807, 2.05) is 0 Å². The quantitative estimate of drug-likeness (QED) is 0.892. The maximum Gasteiger partial charge on any atom is 0.241 e. The second-order valence-corrected chi connectivity index (χ2v) is 6.60. The first-order valence-corrected chi connectivity index (χ1v) is 8.02. The minimum Gasteiger partial charge on any atom is -0.496 e. The van der Waals surface area contributed by atoms with Gasteiger partial charge in [-0.1, -0.05) is 6.07 Å². The van der Waals surface area contributed by atoms with Gasteiger partial charge in [0.2, 0.25) is 10.0 Å². The van der Waals surface area contributed by atoms with Gasteiger partial charge in [-0.05, 0) is 39.7 Å². The van der Waals surface area contributed by atoms with Gasteiger partial charge in [0.15, 0.2) is 0 Å². The molecule has 1 N–H and O–H groups in total. The van der Waals surface area contributed by atoms with Crippen LogP contribution in [0.4, 0.5) is 0 Å². The Hall–Kier alpha value is -1.44. The van der Waals surface area contributed by atoms with Crippen molar-refractivity contribution in [1.29, 1.82) is 0 Å². The third-order valence-corrected chi connectivity index (χ3v) is 4.68. The monoisotopic (exact) mass is 356 g/mol. The van der Waals surface area contributed by atoms with Gasteiger partial charge in [-0.3, -0.25) is 4.98 Å². The maximum atomic E-state index is 12.2. The average Bonchev–Trinajstić information content (AvgIpc) is 2.46. The molecule has 20 heavy (non-hydrogen) atoms. The summed E-state index contributed by atoms with van der Waals surface area (Å²) in [6, 6.07) is 8.18. The number of rotatable bonds is 5. The summed E-state index contributed by atoms with van der Waals surface area (Å²) in [7, 11) is -2.10. The number of nitrogens with one attached hydrogen (secondary N) is 1. The Labute approximate surface area is 126 Å². The second-order valence-electron chi connectivity index (χ2n) is 3.98. The Morgan fingerprint density at radius 2 is 2.15 bits per heavy atom. The smallest absolute Gasteiger partial charge is 0.241 e. The highest BCUT2D eigenvalue weighted by atomic mass is 79.9. The van der Waals surface area contributed by atoms with Crippen LogP contribution < -0.4 is 9.46 Å². The highest BCUT2D eigenvalue weighted by Crippen LogP contribution is 2.27. The van der Waals surface area contributed by atoms with E-state index in [1.54, 1.807) is 30.6 Å². The summed E-state index contributed by atoms with van der Waals surface area (Å²) >= 11 is 3.28. The lowest BCUT2D eigenvalue weighted by Gasteiger charge is -2.09. The maximum absolute atomic E-state index is 12.2. The Morgan fingerprint density at radius 3 is 2.80 bits per heavy atom. The summed E-state index contributed by atoms with van der Waals surface area (Å²) in [4.78, 5) is 4.09. The van der Waals surface area contributed by atoms with Crippen molar-refractivity contribution in [2.24, 2.45) is 0 Å². The van der Waals surface area contributed by atoms with Crippen LogP contribution in [0.25, 0.3) is 0 Å². The molecule has 2 rings (SSSR count). The van der Waals surface area contributed by atoms with E-state index in [1.165, 1.54) is 19.2 Å². The van der Waals surface area contributed by atoms with Gasteiger partial charge in [0, 0.05) is 25.0 Å². The predicted molar refractivity (Wildman–Crippen MR) is 79.0 cm³/mol. The van der Waals surface area contributed by atoms with Crippen molar-refractivity contribution < 1.29 is 13.2 Å². The number of hydrogen-bond acceptors (Lipinski definition) is 4. The lowest BCUT2D eigenvalue weighted by molar-refractivity contribution is 0.410. The Bertz CT molecular complexity index is 690.